The molecular weight excluding hydrogens is 313 g/mol. The van der Waals surface area contributed by atoms with Crippen LogP contribution in [0.15, 0.2) is 12.3 Å². The van der Waals surface area contributed by atoms with Crippen molar-refractivity contribution in [2.75, 3.05) is 6.61 Å². The second-order valence-corrected chi connectivity index (χ2v) is 5.13. The zero-order valence-electron chi connectivity index (χ0n) is 10.4. The van der Waals surface area contributed by atoms with Gasteiger partial charge in [0, 0.05) is 13.1 Å². The predicted molar refractivity (Wildman–Crippen MR) is 71.5 cm³/mol. The van der Waals surface area contributed by atoms with Crippen molar-refractivity contribution in [3.8, 4) is 0 Å². The van der Waals surface area contributed by atoms with Crippen LogP contribution in [0.3, 0.4) is 0 Å². The topological polar surface area (TPSA) is 118 Å². The highest BCUT2D eigenvalue weighted by Gasteiger charge is 2.28. The number of halogens is 2. The number of nitrogens with one attached hydrogen (secondary N) is 1. The summed E-state index contributed by atoms with van der Waals surface area (Å²) in [5.41, 5.74) is -0.0473. The van der Waals surface area contributed by atoms with Gasteiger partial charge in [-0.05, 0) is 0 Å². The van der Waals surface area contributed by atoms with Crippen LogP contribution in [-0.2, 0) is 11.8 Å². The van der Waals surface area contributed by atoms with E-state index in [0.29, 0.717) is 0 Å². The first-order valence-corrected chi connectivity index (χ1v) is 6.33. The molecule has 0 aliphatic heterocycles. The minimum Gasteiger partial charge on any atom is -0.394 e. The van der Waals surface area contributed by atoms with Crippen LogP contribution in [-0.4, -0.2) is 43.1 Å². The lowest BCUT2D eigenvalue weighted by Gasteiger charge is -2.22. The van der Waals surface area contributed by atoms with Gasteiger partial charge in [-0.1, -0.05) is 23.2 Å². The van der Waals surface area contributed by atoms with Gasteiger partial charge in [0.05, 0.1) is 29.5 Å². The highest BCUT2D eigenvalue weighted by atomic mass is 35.5. The number of carbonyl (C=O) groups excluding carboxylic acids is 1. The molecule has 0 bridgehead atoms. The third-order valence-electron chi connectivity index (χ3n) is 2.65. The molecule has 0 aliphatic carbocycles. The molecule has 1 aromatic rings. The highest BCUT2D eigenvalue weighted by molar-refractivity contribution is 6.53. The first kappa shape index (κ1) is 16.7. The largest absolute Gasteiger partial charge is 0.394 e. The van der Waals surface area contributed by atoms with E-state index in [9.17, 15) is 25.1 Å². The molecule has 1 aromatic heterocycles. The Balaban J connectivity index is 2.93. The Bertz CT molecular complexity index is 505. The normalized spacial score (nSPS) is 14.1. The SMILES string of the molecule is Cn1cc([N+](=O)[O-])cc1[C@H](O)[C@@H](CO)NC(=O)C(Cl)Cl. The maximum absolute atomic E-state index is 11.3. The molecule has 0 unspecified atom stereocenters. The van der Waals surface area contributed by atoms with Crippen molar-refractivity contribution in [2.45, 2.75) is 17.0 Å². The van der Waals surface area contributed by atoms with E-state index in [4.69, 9.17) is 23.2 Å². The van der Waals surface area contributed by atoms with Gasteiger partial charge in [-0.3, -0.25) is 14.9 Å². The van der Waals surface area contributed by atoms with Crippen LogP contribution in [0.2, 0.25) is 0 Å². The Hall–Kier alpha value is -1.35. The quantitative estimate of drug-likeness (QED) is 0.393. The minimum atomic E-state index is -1.35. The summed E-state index contributed by atoms with van der Waals surface area (Å²) in [7, 11) is 1.49. The lowest BCUT2D eigenvalue weighted by Crippen LogP contribution is -2.44. The molecule has 1 amide bonds. The van der Waals surface area contributed by atoms with Crippen LogP contribution >= 0.6 is 23.2 Å². The van der Waals surface area contributed by atoms with Crippen molar-refractivity contribution in [1.29, 1.82) is 0 Å². The lowest BCUT2D eigenvalue weighted by molar-refractivity contribution is -0.384. The monoisotopic (exact) mass is 325 g/mol. The molecule has 1 rings (SSSR count). The summed E-state index contributed by atoms with van der Waals surface area (Å²) in [4.78, 5) is 20.0. The average molecular weight is 326 g/mol. The van der Waals surface area contributed by atoms with E-state index in [-0.39, 0.29) is 11.4 Å². The number of carbonyl (C=O) groups is 1. The van der Waals surface area contributed by atoms with E-state index in [0.717, 1.165) is 6.07 Å². The fourth-order valence-corrected chi connectivity index (χ4v) is 1.76. The number of hydrogen-bond acceptors (Lipinski definition) is 5. The molecule has 1 heterocycles. The third-order valence-corrected chi connectivity index (χ3v) is 3.04. The van der Waals surface area contributed by atoms with Crippen molar-refractivity contribution in [3.63, 3.8) is 0 Å². The molecule has 0 radical (unpaired) electrons. The molecule has 10 heteroatoms. The molecule has 3 N–H and O–H groups in total. The van der Waals surface area contributed by atoms with Crippen LogP contribution in [0.1, 0.15) is 11.8 Å². The fourth-order valence-electron chi connectivity index (χ4n) is 1.63. The minimum absolute atomic E-state index is 0.164. The second-order valence-electron chi connectivity index (χ2n) is 4.03. The number of aliphatic hydroxyl groups excluding tert-OH is 2. The van der Waals surface area contributed by atoms with Gasteiger partial charge in [-0.15, -0.1) is 0 Å². The molecule has 0 saturated carbocycles. The van der Waals surface area contributed by atoms with E-state index in [1.165, 1.54) is 17.8 Å². The van der Waals surface area contributed by atoms with Crippen LogP contribution in [0, 0.1) is 10.1 Å². The van der Waals surface area contributed by atoms with E-state index < -0.39 is 34.4 Å². The molecule has 0 aliphatic rings. The summed E-state index contributed by atoms with van der Waals surface area (Å²) in [6, 6.07) is 0.0638. The van der Waals surface area contributed by atoms with Crippen molar-refractivity contribution in [1.82, 2.24) is 9.88 Å². The van der Waals surface area contributed by atoms with Gasteiger partial charge in [-0.25, -0.2) is 0 Å². The molecule has 112 valence electrons. The van der Waals surface area contributed by atoms with Gasteiger partial charge in [-0.2, -0.15) is 0 Å². The van der Waals surface area contributed by atoms with Gasteiger partial charge in [0.2, 0.25) is 0 Å². The smallest absolute Gasteiger partial charge is 0.287 e. The molecule has 2 atom stereocenters. The van der Waals surface area contributed by atoms with Crippen molar-refractivity contribution < 1.29 is 19.9 Å². The van der Waals surface area contributed by atoms with E-state index in [2.05, 4.69) is 5.32 Å². The predicted octanol–water partition coefficient (Wildman–Crippen LogP) is 0.247. The van der Waals surface area contributed by atoms with Gasteiger partial charge in [0.25, 0.3) is 11.6 Å². The maximum Gasteiger partial charge on any atom is 0.287 e. The zero-order valence-corrected chi connectivity index (χ0v) is 11.9. The summed E-state index contributed by atoms with van der Waals surface area (Å²) in [5, 5.41) is 32.2. The molecule has 0 saturated heterocycles. The molecular formula is C10H13Cl2N3O5. The number of aliphatic hydroxyl groups is 2. The Morgan fingerprint density at radius 1 is 1.60 bits per heavy atom. The van der Waals surface area contributed by atoms with Gasteiger partial charge >= 0.3 is 0 Å². The summed E-state index contributed by atoms with van der Waals surface area (Å²) < 4.78 is 1.33. The van der Waals surface area contributed by atoms with Crippen LogP contribution in [0.5, 0.6) is 0 Å². The number of nitro groups is 1. The number of aryl methyl sites for hydroxylation is 1. The fraction of sp³-hybridized carbons (Fsp3) is 0.500. The summed E-state index contributed by atoms with van der Waals surface area (Å²) in [5.74, 6) is -0.782. The number of hydrogen-bond donors (Lipinski definition) is 3. The van der Waals surface area contributed by atoms with Gasteiger partial charge in [0.1, 0.15) is 6.10 Å². The molecule has 0 fully saturated rings. The van der Waals surface area contributed by atoms with Crippen molar-refractivity contribution >= 4 is 34.8 Å². The molecule has 8 nitrogen and oxygen atoms in total. The van der Waals surface area contributed by atoms with E-state index in [1.807, 2.05) is 0 Å². The summed E-state index contributed by atoms with van der Waals surface area (Å²) in [6.07, 6.45) is -0.143. The standard InChI is InChI=1S/C10H13Cl2N3O5/c1-14-3-5(15(19)20)2-7(14)8(17)6(4-16)13-10(18)9(11)12/h2-3,6,8-9,16-17H,4H2,1H3,(H,13,18)/t6-,8-/m1/s1. The summed E-state index contributed by atoms with van der Waals surface area (Å²) in [6.45, 7) is -0.591. The first-order chi connectivity index (χ1) is 9.27. The molecule has 0 aromatic carbocycles. The van der Waals surface area contributed by atoms with Crippen molar-refractivity contribution in [2.24, 2.45) is 7.05 Å². The number of alkyl halides is 2. The van der Waals surface area contributed by atoms with Crippen LogP contribution in [0.25, 0.3) is 0 Å². The zero-order chi connectivity index (χ0) is 15.4. The van der Waals surface area contributed by atoms with E-state index >= 15 is 0 Å². The first-order valence-electron chi connectivity index (χ1n) is 5.46. The van der Waals surface area contributed by atoms with Crippen molar-refractivity contribution in [3.05, 3.63) is 28.1 Å². The average Bonchev–Trinajstić information content (AvgIpc) is 2.77. The highest BCUT2D eigenvalue weighted by Crippen LogP contribution is 2.23. The Morgan fingerprint density at radius 3 is 2.60 bits per heavy atom. The Kier molecular flexibility index (Phi) is 5.75. The van der Waals surface area contributed by atoms with Gasteiger partial charge in [0.15, 0.2) is 4.84 Å². The second kappa shape index (κ2) is 6.89. The maximum atomic E-state index is 11.3. The summed E-state index contributed by atoms with van der Waals surface area (Å²) >= 11 is 10.7. The Morgan fingerprint density at radius 2 is 2.20 bits per heavy atom. The third kappa shape index (κ3) is 3.83. The number of nitrogens with zero attached hydrogens (tertiary/aromatic N) is 2. The molecule has 0 spiro atoms. The number of amides is 1. The van der Waals surface area contributed by atoms with E-state index in [1.54, 1.807) is 0 Å². The van der Waals surface area contributed by atoms with Crippen LogP contribution in [0.4, 0.5) is 5.69 Å². The number of aromatic nitrogens is 1. The Labute approximate surface area is 124 Å². The number of rotatable bonds is 6. The van der Waals surface area contributed by atoms with Crippen LogP contribution < -0.4 is 5.32 Å². The lowest BCUT2D eigenvalue weighted by atomic mass is 10.1. The molecule has 20 heavy (non-hydrogen) atoms. The van der Waals surface area contributed by atoms with Gasteiger partial charge < -0.3 is 20.1 Å².